The summed E-state index contributed by atoms with van der Waals surface area (Å²) in [4.78, 5) is 26.7. The molecule has 4 nitrogen and oxygen atoms in total. The lowest BCUT2D eigenvalue weighted by molar-refractivity contribution is -0.118. The Labute approximate surface area is 181 Å². The molecule has 0 fully saturated rings. The molecule has 0 saturated heterocycles. The van der Waals surface area contributed by atoms with Crippen LogP contribution in [0.5, 0.6) is 0 Å². The quantitative estimate of drug-likeness (QED) is 0.505. The summed E-state index contributed by atoms with van der Waals surface area (Å²) in [6, 6.07) is 18.8. The van der Waals surface area contributed by atoms with Gasteiger partial charge in [0.2, 0.25) is 0 Å². The van der Waals surface area contributed by atoms with Gasteiger partial charge in [-0.25, -0.2) is 0 Å². The summed E-state index contributed by atoms with van der Waals surface area (Å²) < 4.78 is 0. The second-order valence-corrected chi connectivity index (χ2v) is 8.17. The van der Waals surface area contributed by atoms with E-state index in [0.717, 1.165) is 22.4 Å². The summed E-state index contributed by atoms with van der Waals surface area (Å²) in [6.45, 7) is 6.14. The molecule has 2 N–H and O–H groups in total. The van der Waals surface area contributed by atoms with Crippen molar-refractivity contribution in [3.63, 3.8) is 0 Å². The lowest BCUT2D eigenvalue weighted by Gasteiger charge is -2.21. The fourth-order valence-corrected chi connectivity index (χ4v) is 3.97. The number of carbonyl (C=O) groups excluding carboxylic acids is 2. The molecule has 1 heterocycles. The Bertz CT molecular complexity index is 1040. The van der Waals surface area contributed by atoms with Crippen molar-refractivity contribution < 1.29 is 9.59 Å². The SMILES string of the molecule is CC[C@@H](NC(=O)/C(=C/c1cccs1)NC(=O)c1ccccc1)c1ccc(C)cc1C. The van der Waals surface area contributed by atoms with Crippen LogP contribution in [0.25, 0.3) is 6.08 Å². The number of nitrogens with one attached hydrogen (secondary N) is 2. The average molecular weight is 419 g/mol. The molecule has 0 aliphatic carbocycles. The lowest BCUT2D eigenvalue weighted by atomic mass is 9.97. The number of aryl methyl sites for hydroxylation is 2. The van der Waals surface area contributed by atoms with E-state index in [0.29, 0.717) is 5.56 Å². The van der Waals surface area contributed by atoms with Crippen molar-refractivity contribution in [1.82, 2.24) is 10.6 Å². The largest absolute Gasteiger partial charge is 0.344 e. The summed E-state index contributed by atoms with van der Waals surface area (Å²) in [5.74, 6) is -0.618. The predicted octanol–water partition coefficient (Wildman–Crippen LogP) is 5.40. The Morgan fingerprint density at radius 3 is 2.43 bits per heavy atom. The molecule has 30 heavy (non-hydrogen) atoms. The Kier molecular flexibility index (Phi) is 7.20. The molecule has 1 atom stereocenters. The van der Waals surface area contributed by atoms with Crippen LogP contribution in [0.1, 0.15) is 51.3 Å². The van der Waals surface area contributed by atoms with Crippen LogP contribution in [0.2, 0.25) is 0 Å². The first-order valence-corrected chi connectivity index (χ1v) is 10.9. The fraction of sp³-hybridized carbons (Fsp3) is 0.200. The van der Waals surface area contributed by atoms with E-state index >= 15 is 0 Å². The van der Waals surface area contributed by atoms with Crippen molar-refractivity contribution in [1.29, 1.82) is 0 Å². The van der Waals surface area contributed by atoms with E-state index in [2.05, 4.69) is 42.7 Å². The maximum absolute atomic E-state index is 13.2. The van der Waals surface area contributed by atoms with Crippen LogP contribution in [0.3, 0.4) is 0 Å². The van der Waals surface area contributed by atoms with Gasteiger partial charge in [-0.3, -0.25) is 9.59 Å². The van der Waals surface area contributed by atoms with Crippen LogP contribution < -0.4 is 10.6 Å². The molecule has 0 radical (unpaired) electrons. The molecule has 2 amide bonds. The van der Waals surface area contributed by atoms with Gasteiger partial charge in [0.1, 0.15) is 5.70 Å². The lowest BCUT2D eigenvalue weighted by Crippen LogP contribution is -2.37. The maximum Gasteiger partial charge on any atom is 0.268 e. The summed E-state index contributed by atoms with van der Waals surface area (Å²) in [7, 11) is 0. The number of benzene rings is 2. The van der Waals surface area contributed by atoms with Crippen molar-refractivity contribution in [3.8, 4) is 0 Å². The van der Waals surface area contributed by atoms with Crippen LogP contribution in [-0.2, 0) is 4.79 Å². The number of amides is 2. The Balaban J connectivity index is 1.85. The van der Waals surface area contributed by atoms with E-state index in [1.54, 1.807) is 30.3 Å². The van der Waals surface area contributed by atoms with Gasteiger partial charge in [-0.15, -0.1) is 11.3 Å². The minimum atomic E-state index is -0.312. The highest BCUT2D eigenvalue weighted by Gasteiger charge is 2.20. The van der Waals surface area contributed by atoms with E-state index in [9.17, 15) is 9.59 Å². The summed E-state index contributed by atoms with van der Waals surface area (Å²) in [5.41, 5.74) is 4.14. The molecule has 5 heteroatoms. The number of hydrogen-bond donors (Lipinski definition) is 2. The Morgan fingerprint density at radius 1 is 1.03 bits per heavy atom. The van der Waals surface area contributed by atoms with Crippen LogP contribution in [0.4, 0.5) is 0 Å². The van der Waals surface area contributed by atoms with E-state index in [-0.39, 0.29) is 23.6 Å². The maximum atomic E-state index is 13.2. The third-order valence-corrected chi connectivity index (χ3v) is 5.69. The molecule has 0 aliphatic heterocycles. The van der Waals surface area contributed by atoms with E-state index in [1.807, 2.05) is 30.5 Å². The molecule has 3 aromatic rings. The molecule has 0 saturated carbocycles. The highest BCUT2D eigenvalue weighted by atomic mass is 32.1. The molecule has 0 spiro atoms. The normalized spacial score (nSPS) is 12.3. The van der Waals surface area contributed by atoms with E-state index < -0.39 is 0 Å². The van der Waals surface area contributed by atoms with Crippen LogP contribution in [0, 0.1) is 13.8 Å². The molecular weight excluding hydrogens is 392 g/mol. The van der Waals surface area contributed by atoms with Crippen molar-refractivity contribution in [3.05, 3.63) is 98.9 Å². The topological polar surface area (TPSA) is 58.2 Å². The van der Waals surface area contributed by atoms with Gasteiger partial charge in [-0.05, 0) is 61.1 Å². The Hall–Kier alpha value is -3.18. The molecule has 154 valence electrons. The van der Waals surface area contributed by atoms with Crippen LogP contribution in [-0.4, -0.2) is 11.8 Å². The zero-order valence-electron chi connectivity index (χ0n) is 17.4. The summed E-state index contributed by atoms with van der Waals surface area (Å²) in [6.07, 6.45) is 2.46. The minimum Gasteiger partial charge on any atom is -0.344 e. The van der Waals surface area contributed by atoms with E-state index in [4.69, 9.17) is 0 Å². The summed E-state index contributed by atoms with van der Waals surface area (Å²) >= 11 is 1.51. The highest BCUT2D eigenvalue weighted by molar-refractivity contribution is 7.10. The molecule has 1 aromatic heterocycles. The second kappa shape index (κ2) is 10.0. The third kappa shape index (κ3) is 5.45. The number of carbonyl (C=O) groups is 2. The average Bonchev–Trinajstić information content (AvgIpc) is 3.25. The van der Waals surface area contributed by atoms with Gasteiger partial charge in [0.25, 0.3) is 11.8 Å². The first-order chi connectivity index (χ1) is 14.5. The molecule has 0 aliphatic rings. The zero-order chi connectivity index (χ0) is 21.5. The molecule has 0 unspecified atom stereocenters. The van der Waals surface area contributed by atoms with Crippen LogP contribution >= 0.6 is 11.3 Å². The van der Waals surface area contributed by atoms with Gasteiger partial charge in [0, 0.05) is 10.4 Å². The number of thiophene rings is 1. The second-order valence-electron chi connectivity index (χ2n) is 7.19. The number of rotatable bonds is 7. The number of hydrogen-bond acceptors (Lipinski definition) is 3. The third-order valence-electron chi connectivity index (χ3n) is 4.87. The first kappa shape index (κ1) is 21.5. The minimum absolute atomic E-state index is 0.140. The van der Waals surface area contributed by atoms with Gasteiger partial charge < -0.3 is 10.6 Å². The van der Waals surface area contributed by atoms with Gasteiger partial charge in [-0.1, -0.05) is 55.0 Å². The van der Waals surface area contributed by atoms with Crippen molar-refractivity contribution in [2.45, 2.75) is 33.2 Å². The smallest absolute Gasteiger partial charge is 0.268 e. The van der Waals surface area contributed by atoms with Crippen molar-refractivity contribution in [2.24, 2.45) is 0 Å². The molecule has 2 aromatic carbocycles. The molecule has 3 rings (SSSR count). The predicted molar refractivity (Wildman–Crippen MR) is 123 cm³/mol. The molecular formula is C25H26N2O2S. The summed E-state index contributed by atoms with van der Waals surface area (Å²) in [5, 5.41) is 7.82. The molecule has 0 bridgehead atoms. The Morgan fingerprint density at radius 2 is 1.80 bits per heavy atom. The van der Waals surface area contributed by atoms with Gasteiger partial charge >= 0.3 is 0 Å². The van der Waals surface area contributed by atoms with Gasteiger partial charge in [0.05, 0.1) is 6.04 Å². The fourth-order valence-electron chi connectivity index (χ4n) is 3.31. The highest BCUT2D eigenvalue weighted by Crippen LogP contribution is 2.22. The first-order valence-electron chi connectivity index (χ1n) is 9.97. The van der Waals surface area contributed by atoms with E-state index in [1.165, 1.54) is 16.9 Å². The van der Waals surface area contributed by atoms with Crippen molar-refractivity contribution in [2.75, 3.05) is 0 Å². The van der Waals surface area contributed by atoms with Crippen LogP contribution in [0.15, 0.2) is 71.7 Å². The monoisotopic (exact) mass is 418 g/mol. The zero-order valence-corrected chi connectivity index (χ0v) is 18.3. The standard InChI is InChI=1S/C25H26N2O2S/c1-4-22(21-13-12-17(2)15-18(21)3)26-25(29)23(16-20-11-8-14-30-20)27-24(28)19-9-6-5-7-10-19/h5-16,22H,4H2,1-3H3,(H,26,29)(H,27,28)/b23-16-/t22-/m1/s1. The van der Waals surface area contributed by atoms with Crippen molar-refractivity contribution >= 4 is 29.2 Å². The van der Waals surface area contributed by atoms with Gasteiger partial charge in [-0.2, -0.15) is 0 Å². The van der Waals surface area contributed by atoms with Gasteiger partial charge in [0.15, 0.2) is 0 Å².